The van der Waals surface area contributed by atoms with Crippen molar-refractivity contribution in [2.24, 2.45) is 0 Å². The first-order valence-electron chi connectivity index (χ1n) is 14.8. The van der Waals surface area contributed by atoms with Gasteiger partial charge < -0.3 is 9.47 Å². The summed E-state index contributed by atoms with van der Waals surface area (Å²) in [4.78, 5) is 18.6. The Kier molecular flexibility index (Phi) is 8.98. The molecule has 6 rings (SSSR count). The Morgan fingerprint density at radius 2 is 1.76 bits per heavy atom. The Hall–Kier alpha value is -5.28. The molecule has 0 saturated heterocycles. The van der Waals surface area contributed by atoms with Gasteiger partial charge in [-0.1, -0.05) is 73.7 Å². The number of nitrogens with zero attached hydrogens (tertiary/aromatic N) is 5. The number of hydrogen-bond donors (Lipinski definition) is 0. The average Bonchev–Trinajstić information content (AvgIpc) is 3.74. The first-order chi connectivity index (χ1) is 22.0. The number of aromatic nitrogens is 5. The van der Waals surface area contributed by atoms with E-state index in [1.54, 1.807) is 6.08 Å². The Bertz CT molecular complexity index is 2080. The smallest absolute Gasteiger partial charge is 0.291 e. The van der Waals surface area contributed by atoms with Gasteiger partial charge in [0.25, 0.3) is 5.56 Å². The van der Waals surface area contributed by atoms with Crippen LogP contribution in [0.15, 0.2) is 96.4 Å². The van der Waals surface area contributed by atoms with Crippen molar-refractivity contribution >= 4 is 34.5 Å². The van der Waals surface area contributed by atoms with Crippen molar-refractivity contribution < 1.29 is 9.47 Å². The van der Waals surface area contributed by atoms with Gasteiger partial charge in [0, 0.05) is 17.3 Å². The molecule has 0 bridgehead atoms. The second-order valence-electron chi connectivity index (χ2n) is 10.5. The van der Waals surface area contributed by atoms with Crippen LogP contribution in [0.1, 0.15) is 42.3 Å². The van der Waals surface area contributed by atoms with Crippen LogP contribution in [-0.2, 0) is 0 Å². The molecule has 0 spiro atoms. The lowest BCUT2D eigenvalue weighted by Gasteiger charge is -2.08. The molecule has 0 aliphatic rings. The third-order valence-corrected chi connectivity index (χ3v) is 8.10. The van der Waals surface area contributed by atoms with Gasteiger partial charge in [-0.05, 0) is 79.1 Å². The molecule has 0 radical (unpaired) electrons. The first kappa shape index (κ1) is 29.8. The Labute approximate surface area is 265 Å². The van der Waals surface area contributed by atoms with E-state index in [0.29, 0.717) is 28.5 Å². The maximum absolute atomic E-state index is 13.5. The summed E-state index contributed by atoms with van der Waals surface area (Å²) in [5, 5.41) is 9.41. The minimum absolute atomic E-state index is 0.223. The summed E-state index contributed by atoms with van der Waals surface area (Å²) in [6.45, 7) is 9.03. The van der Waals surface area contributed by atoms with Crippen molar-refractivity contribution in [3.05, 3.63) is 129 Å². The second-order valence-corrected chi connectivity index (χ2v) is 11.5. The molecular weight excluding hydrogens is 582 g/mol. The largest absolute Gasteiger partial charge is 0.494 e. The highest BCUT2D eigenvalue weighted by Crippen LogP contribution is 2.30. The second kappa shape index (κ2) is 13.6. The summed E-state index contributed by atoms with van der Waals surface area (Å²) in [5.74, 6) is 2.08. The first-order valence-corrected chi connectivity index (χ1v) is 15.7. The highest BCUT2D eigenvalue weighted by atomic mass is 32.1. The van der Waals surface area contributed by atoms with Crippen LogP contribution in [0.4, 0.5) is 0 Å². The zero-order valence-corrected chi connectivity index (χ0v) is 26.0. The molecule has 0 aliphatic carbocycles. The Morgan fingerprint density at radius 1 is 0.956 bits per heavy atom. The summed E-state index contributed by atoms with van der Waals surface area (Å²) >= 11 is 1.30. The molecule has 0 unspecified atom stereocenters. The van der Waals surface area contributed by atoms with Crippen LogP contribution in [0.3, 0.4) is 0 Å². The predicted molar refractivity (Wildman–Crippen MR) is 181 cm³/mol. The predicted octanol–water partition coefficient (Wildman–Crippen LogP) is 6.77. The van der Waals surface area contributed by atoms with Crippen molar-refractivity contribution in [2.75, 3.05) is 13.2 Å². The molecule has 9 heteroatoms. The summed E-state index contributed by atoms with van der Waals surface area (Å²) in [6, 6.07) is 23.7. The molecule has 0 fully saturated rings. The van der Waals surface area contributed by atoms with Gasteiger partial charge in [-0.25, -0.2) is 4.68 Å². The van der Waals surface area contributed by atoms with Crippen LogP contribution in [0.5, 0.6) is 11.5 Å². The standard InChI is InChI=1S/C36H33N5O3S/c1-4-6-21-44-29-15-12-26(13-16-29)14-19-33-37-36-41(38-33)35(42)32(45-36)23-27-24-40(28-10-8-7-9-11-28)39-34(27)31-18-17-30(22-25(31)3)43-20-5-2/h5,7-19,22-24H,2,4,6,20-21H2,1,3H3/b19-14+,32-23-. The monoisotopic (exact) mass is 615 g/mol. The van der Waals surface area contributed by atoms with E-state index in [9.17, 15) is 4.79 Å². The molecule has 0 aliphatic heterocycles. The molecule has 3 heterocycles. The topological polar surface area (TPSA) is 83.5 Å². The van der Waals surface area contributed by atoms with Gasteiger partial charge in [0.1, 0.15) is 23.8 Å². The van der Waals surface area contributed by atoms with E-state index in [-0.39, 0.29) is 5.56 Å². The van der Waals surface area contributed by atoms with Crippen LogP contribution in [-0.4, -0.2) is 37.6 Å². The molecule has 3 aromatic carbocycles. The molecule has 45 heavy (non-hydrogen) atoms. The van der Waals surface area contributed by atoms with Crippen molar-refractivity contribution in [2.45, 2.75) is 26.7 Å². The van der Waals surface area contributed by atoms with Gasteiger partial charge in [-0.3, -0.25) is 4.79 Å². The fourth-order valence-corrected chi connectivity index (χ4v) is 5.71. The summed E-state index contributed by atoms with van der Waals surface area (Å²) in [6.07, 6.45) is 11.4. The number of benzene rings is 3. The minimum atomic E-state index is -0.223. The molecular formula is C36H33N5O3S. The number of thiazole rings is 1. The third-order valence-electron chi connectivity index (χ3n) is 7.14. The summed E-state index contributed by atoms with van der Waals surface area (Å²) < 4.78 is 15.2. The number of hydrogen-bond acceptors (Lipinski definition) is 7. The number of rotatable bonds is 12. The van der Waals surface area contributed by atoms with Gasteiger partial charge in [-0.15, -0.1) is 5.10 Å². The van der Waals surface area contributed by atoms with Gasteiger partial charge in [0.15, 0.2) is 5.82 Å². The van der Waals surface area contributed by atoms with Crippen molar-refractivity contribution in [1.29, 1.82) is 0 Å². The van der Waals surface area contributed by atoms with E-state index < -0.39 is 0 Å². The molecule has 0 atom stereocenters. The van der Waals surface area contributed by atoms with Crippen LogP contribution in [0, 0.1) is 6.92 Å². The normalized spacial score (nSPS) is 11.9. The number of ether oxygens (including phenoxy) is 2. The number of aryl methyl sites for hydroxylation is 1. The van der Waals surface area contributed by atoms with E-state index in [1.165, 1.54) is 15.9 Å². The highest BCUT2D eigenvalue weighted by molar-refractivity contribution is 7.15. The van der Waals surface area contributed by atoms with E-state index in [1.807, 2.05) is 109 Å². The molecule has 6 aromatic rings. The Balaban J connectivity index is 1.31. The van der Waals surface area contributed by atoms with E-state index in [0.717, 1.165) is 58.0 Å². The lowest BCUT2D eigenvalue weighted by atomic mass is 10.0. The number of unbranched alkanes of at least 4 members (excludes halogenated alkanes) is 1. The van der Waals surface area contributed by atoms with Gasteiger partial charge >= 0.3 is 0 Å². The Morgan fingerprint density at radius 3 is 2.49 bits per heavy atom. The average molecular weight is 616 g/mol. The highest BCUT2D eigenvalue weighted by Gasteiger charge is 2.16. The van der Waals surface area contributed by atoms with Gasteiger partial charge in [-0.2, -0.15) is 14.6 Å². The van der Waals surface area contributed by atoms with Gasteiger partial charge in [0.2, 0.25) is 4.96 Å². The summed E-state index contributed by atoms with van der Waals surface area (Å²) in [7, 11) is 0. The molecule has 3 aromatic heterocycles. The van der Waals surface area contributed by atoms with Crippen molar-refractivity contribution in [3.8, 4) is 28.4 Å². The summed E-state index contributed by atoms with van der Waals surface area (Å²) in [5.41, 5.74) is 5.21. The fraction of sp³-hybridized carbons (Fsp3) is 0.167. The SMILES string of the molecule is C=CCOc1ccc(-c2nn(-c3ccccc3)cc2/C=c2\sc3nc(/C=C/c4ccc(OCCCC)cc4)nn3c2=O)c(C)c1. The maximum Gasteiger partial charge on any atom is 0.291 e. The lowest BCUT2D eigenvalue weighted by molar-refractivity contribution is 0.309. The van der Waals surface area contributed by atoms with Crippen molar-refractivity contribution in [1.82, 2.24) is 24.4 Å². The third kappa shape index (κ3) is 6.78. The van der Waals surface area contributed by atoms with Crippen LogP contribution in [0.25, 0.3) is 40.1 Å². The lowest BCUT2D eigenvalue weighted by Crippen LogP contribution is -2.23. The quantitative estimate of drug-likeness (QED) is 0.112. The van der Waals surface area contributed by atoms with Crippen LogP contribution >= 0.6 is 11.3 Å². The number of fused-ring (bicyclic) bond motifs is 1. The molecule has 0 saturated carbocycles. The molecule has 226 valence electrons. The van der Waals surface area contributed by atoms with E-state index >= 15 is 0 Å². The van der Waals surface area contributed by atoms with E-state index in [2.05, 4.69) is 23.6 Å². The molecule has 0 N–H and O–H groups in total. The minimum Gasteiger partial charge on any atom is -0.494 e. The van der Waals surface area contributed by atoms with Gasteiger partial charge in [0.05, 0.1) is 16.8 Å². The van der Waals surface area contributed by atoms with E-state index in [4.69, 9.17) is 14.6 Å². The maximum atomic E-state index is 13.5. The van der Waals surface area contributed by atoms with Crippen molar-refractivity contribution in [3.63, 3.8) is 0 Å². The fourth-order valence-electron chi connectivity index (χ4n) is 4.80. The molecule has 8 nitrogen and oxygen atoms in total. The molecule has 0 amide bonds. The van der Waals surface area contributed by atoms with Crippen LogP contribution in [0.2, 0.25) is 0 Å². The van der Waals surface area contributed by atoms with Crippen LogP contribution < -0.4 is 19.6 Å². The zero-order chi connectivity index (χ0) is 31.2. The zero-order valence-electron chi connectivity index (χ0n) is 25.2. The number of para-hydroxylation sites is 1.